The van der Waals surface area contributed by atoms with E-state index >= 15 is 0 Å². The monoisotopic (exact) mass is 275 g/mol. The molecule has 104 valence electrons. The van der Waals surface area contributed by atoms with Crippen molar-refractivity contribution in [3.63, 3.8) is 0 Å². The number of hydrogen-bond acceptors (Lipinski definition) is 1. The number of hydrogen-bond donors (Lipinski definition) is 3. The Morgan fingerprint density at radius 3 is 2.57 bits per heavy atom. The largest absolute Gasteiger partial charge is 0.361 e. The smallest absolute Gasteiger partial charge is 0.0460 e. The van der Waals surface area contributed by atoms with Crippen molar-refractivity contribution in [2.75, 3.05) is 6.54 Å². The third kappa shape index (κ3) is 1.94. The van der Waals surface area contributed by atoms with Crippen LogP contribution in [0.1, 0.15) is 5.56 Å². The fourth-order valence-corrected chi connectivity index (χ4v) is 3.02. The van der Waals surface area contributed by atoms with Crippen LogP contribution in [-0.4, -0.2) is 16.5 Å². The predicted octanol–water partition coefficient (Wildman–Crippen LogP) is 3.82. The van der Waals surface area contributed by atoms with E-state index in [1.165, 1.54) is 38.5 Å². The Kier molecular flexibility index (Phi) is 2.79. The van der Waals surface area contributed by atoms with Crippen LogP contribution in [0.2, 0.25) is 0 Å². The van der Waals surface area contributed by atoms with Gasteiger partial charge in [-0.05, 0) is 42.3 Å². The number of rotatable bonds is 3. The van der Waals surface area contributed by atoms with Crippen molar-refractivity contribution in [1.82, 2.24) is 9.97 Å². The third-order valence-corrected chi connectivity index (χ3v) is 4.08. The minimum Gasteiger partial charge on any atom is -0.361 e. The lowest BCUT2D eigenvalue weighted by Crippen LogP contribution is -2.01. The fourth-order valence-electron chi connectivity index (χ4n) is 3.02. The van der Waals surface area contributed by atoms with E-state index in [0.29, 0.717) is 6.54 Å². The quantitative estimate of drug-likeness (QED) is 0.523. The van der Waals surface area contributed by atoms with Crippen LogP contribution in [0.25, 0.3) is 32.9 Å². The van der Waals surface area contributed by atoms with E-state index in [4.69, 9.17) is 5.73 Å². The zero-order chi connectivity index (χ0) is 14.2. The summed E-state index contributed by atoms with van der Waals surface area (Å²) in [4.78, 5) is 6.66. The van der Waals surface area contributed by atoms with Gasteiger partial charge in [-0.25, -0.2) is 0 Å². The first kappa shape index (κ1) is 12.2. The summed E-state index contributed by atoms with van der Waals surface area (Å²) in [5.41, 5.74) is 11.8. The number of nitrogens with two attached hydrogens (primary N) is 1. The molecule has 0 aliphatic heterocycles. The van der Waals surface area contributed by atoms with Crippen molar-refractivity contribution in [3.8, 4) is 11.1 Å². The van der Waals surface area contributed by atoms with Gasteiger partial charge in [-0.15, -0.1) is 0 Å². The number of para-hydroxylation sites is 1. The van der Waals surface area contributed by atoms with Gasteiger partial charge < -0.3 is 15.7 Å². The lowest BCUT2D eigenvalue weighted by Gasteiger charge is -2.02. The van der Waals surface area contributed by atoms with E-state index in [2.05, 4.69) is 64.8 Å². The highest BCUT2D eigenvalue weighted by Crippen LogP contribution is 2.31. The highest BCUT2D eigenvalue weighted by atomic mass is 14.7. The second-order valence-electron chi connectivity index (χ2n) is 5.36. The van der Waals surface area contributed by atoms with E-state index < -0.39 is 0 Å². The molecule has 0 saturated heterocycles. The van der Waals surface area contributed by atoms with E-state index in [-0.39, 0.29) is 0 Å². The maximum Gasteiger partial charge on any atom is 0.0460 e. The van der Waals surface area contributed by atoms with Gasteiger partial charge in [0.05, 0.1) is 0 Å². The summed E-state index contributed by atoms with van der Waals surface area (Å²) in [6.45, 7) is 0.671. The normalized spacial score (nSPS) is 11.5. The molecule has 0 amide bonds. The molecule has 2 heterocycles. The first-order valence-electron chi connectivity index (χ1n) is 7.23. The zero-order valence-electron chi connectivity index (χ0n) is 11.7. The van der Waals surface area contributed by atoms with Gasteiger partial charge in [-0.1, -0.05) is 24.3 Å². The average Bonchev–Trinajstić information content (AvgIpc) is 3.11. The average molecular weight is 275 g/mol. The molecule has 0 atom stereocenters. The van der Waals surface area contributed by atoms with Gasteiger partial charge in [-0.2, -0.15) is 0 Å². The van der Waals surface area contributed by atoms with Crippen molar-refractivity contribution in [1.29, 1.82) is 0 Å². The van der Waals surface area contributed by atoms with Crippen LogP contribution < -0.4 is 5.73 Å². The first-order valence-corrected chi connectivity index (χ1v) is 7.23. The highest BCUT2D eigenvalue weighted by molar-refractivity contribution is 5.98. The van der Waals surface area contributed by atoms with Crippen molar-refractivity contribution in [3.05, 3.63) is 60.4 Å². The Morgan fingerprint density at radius 1 is 0.857 bits per heavy atom. The number of aromatic nitrogens is 2. The summed E-state index contributed by atoms with van der Waals surface area (Å²) in [6.07, 6.45) is 5.05. The summed E-state index contributed by atoms with van der Waals surface area (Å²) in [7, 11) is 0. The Balaban J connectivity index is 1.91. The van der Waals surface area contributed by atoms with Crippen LogP contribution in [0.5, 0.6) is 0 Å². The SMILES string of the molecule is NCCc1c[nH]c2ccc(-c3c[nH]c4ccccc34)cc12. The molecule has 4 N–H and O–H groups in total. The molecule has 0 aliphatic carbocycles. The van der Waals surface area contributed by atoms with Gasteiger partial charge in [0.1, 0.15) is 0 Å². The number of H-pyrrole nitrogens is 2. The number of benzene rings is 2. The van der Waals surface area contributed by atoms with Gasteiger partial charge in [0, 0.05) is 39.8 Å². The second kappa shape index (κ2) is 4.79. The minimum absolute atomic E-state index is 0.671. The second-order valence-corrected chi connectivity index (χ2v) is 5.36. The van der Waals surface area contributed by atoms with Crippen LogP contribution in [0.15, 0.2) is 54.9 Å². The van der Waals surface area contributed by atoms with E-state index in [9.17, 15) is 0 Å². The van der Waals surface area contributed by atoms with Gasteiger partial charge in [0.15, 0.2) is 0 Å². The van der Waals surface area contributed by atoms with Gasteiger partial charge in [-0.3, -0.25) is 0 Å². The lowest BCUT2D eigenvalue weighted by atomic mass is 10.0. The Bertz CT molecular complexity index is 914. The molecule has 2 aromatic carbocycles. The Labute approximate surface area is 122 Å². The van der Waals surface area contributed by atoms with Crippen molar-refractivity contribution < 1.29 is 0 Å². The number of aromatic amines is 2. The van der Waals surface area contributed by atoms with E-state index in [1.54, 1.807) is 0 Å². The minimum atomic E-state index is 0.671. The molecule has 3 heteroatoms. The lowest BCUT2D eigenvalue weighted by molar-refractivity contribution is 0.976. The molecule has 0 saturated carbocycles. The fraction of sp³-hybridized carbons (Fsp3) is 0.111. The standard InChI is InChI=1S/C18H17N3/c19-8-7-13-10-20-18-6-5-12(9-15(13)18)16-11-21-17-4-2-1-3-14(16)17/h1-6,9-11,20-21H,7-8,19H2. The molecular weight excluding hydrogens is 258 g/mol. The van der Waals surface area contributed by atoms with Crippen LogP contribution in [0.3, 0.4) is 0 Å². The van der Waals surface area contributed by atoms with Crippen molar-refractivity contribution >= 4 is 21.8 Å². The van der Waals surface area contributed by atoms with Crippen LogP contribution in [0.4, 0.5) is 0 Å². The van der Waals surface area contributed by atoms with Crippen LogP contribution in [0, 0.1) is 0 Å². The molecular formula is C18H17N3. The molecule has 3 nitrogen and oxygen atoms in total. The summed E-state index contributed by atoms with van der Waals surface area (Å²) in [5.74, 6) is 0. The summed E-state index contributed by atoms with van der Waals surface area (Å²) in [5, 5.41) is 2.52. The van der Waals surface area contributed by atoms with Crippen molar-refractivity contribution in [2.24, 2.45) is 5.73 Å². The molecule has 4 aromatic rings. The molecule has 0 fully saturated rings. The molecule has 4 rings (SSSR count). The number of fused-ring (bicyclic) bond motifs is 2. The summed E-state index contributed by atoms with van der Waals surface area (Å²) < 4.78 is 0. The number of nitrogens with one attached hydrogen (secondary N) is 2. The van der Waals surface area contributed by atoms with Crippen molar-refractivity contribution in [2.45, 2.75) is 6.42 Å². The first-order chi connectivity index (χ1) is 10.4. The van der Waals surface area contributed by atoms with E-state index in [0.717, 1.165) is 6.42 Å². The molecule has 21 heavy (non-hydrogen) atoms. The molecule has 0 aliphatic rings. The maximum absolute atomic E-state index is 5.70. The van der Waals surface area contributed by atoms with Gasteiger partial charge in [0.25, 0.3) is 0 Å². The summed E-state index contributed by atoms with van der Waals surface area (Å²) >= 11 is 0. The van der Waals surface area contributed by atoms with Crippen LogP contribution >= 0.6 is 0 Å². The maximum atomic E-state index is 5.70. The topological polar surface area (TPSA) is 57.6 Å². The molecule has 2 aromatic heterocycles. The molecule has 0 unspecified atom stereocenters. The third-order valence-electron chi connectivity index (χ3n) is 4.08. The molecule has 0 spiro atoms. The van der Waals surface area contributed by atoms with Crippen LogP contribution in [-0.2, 0) is 6.42 Å². The predicted molar refractivity (Wildman–Crippen MR) is 88.3 cm³/mol. The Hall–Kier alpha value is -2.52. The zero-order valence-corrected chi connectivity index (χ0v) is 11.7. The molecule has 0 bridgehead atoms. The molecule has 0 radical (unpaired) electrons. The van der Waals surface area contributed by atoms with Gasteiger partial charge >= 0.3 is 0 Å². The summed E-state index contributed by atoms with van der Waals surface area (Å²) in [6, 6.07) is 15.0. The van der Waals surface area contributed by atoms with Gasteiger partial charge in [0.2, 0.25) is 0 Å². The van der Waals surface area contributed by atoms with E-state index in [1.807, 2.05) is 0 Å². The highest BCUT2D eigenvalue weighted by Gasteiger charge is 2.08. The Morgan fingerprint density at radius 2 is 1.67 bits per heavy atom.